The summed E-state index contributed by atoms with van der Waals surface area (Å²) in [5.74, 6) is 0.185. The molecule has 0 atom stereocenters. The van der Waals surface area contributed by atoms with Gasteiger partial charge in [-0.1, -0.05) is 18.2 Å². The Bertz CT molecular complexity index is 399. The Hall–Kier alpha value is -1.39. The lowest BCUT2D eigenvalue weighted by molar-refractivity contribution is -0.118. The minimum atomic E-state index is 0.185. The van der Waals surface area contributed by atoms with Crippen molar-refractivity contribution in [2.75, 3.05) is 51.7 Å². The fourth-order valence-electron chi connectivity index (χ4n) is 2.29. The molecule has 0 aliphatic carbocycles. The number of anilines is 1. The maximum Gasteiger partial charge on any atom is 0.228 e. The highest BCUT2D eigenvalue weighted by atomic mass is 16.2. The fourth-order valence-corrected chi connectivity index (χ4v) is 2.29. The fraction of sp³-hybridized carbons (Fsp3) is 0.533. The van der Waals surface area contributed by atoms with Crippen LogP contribution in [0.15, 0.2) is 30.3 Å². The maximum atomic E-state index is 12.1. The molecule has 0 N–H and O–H groups in total. The normalized spacial score (nSPS) is 17.4. The molecule has 1 aromatic rings. The van der Waals surface area contributed by atoms with Crippen LogP contribution in [0.5, 0.6) is 0 Å². The summed E-state index contributed by atoms with van der Waals surface area (Å²) in [6.45, 7) is 5.20. The first-order chi connectivity index (χ1) is 9.16. The van der Waals surface area contributed by atoms with Crippen LogP contribution in [0.3, 0.4) is 0 Å². The number of para-hydroxylation sites is 1. The van der Waals surface area contributed by atoms with Gasteiger partial charge in [0.25, 0.3) is 0 Å². The zero-order valence-electron chi connectivity index (χ0n) is 11.9. The van der Waals surface area contributed by atoms with E-state index < -0.39 is 0 Å². The highest BCUT2D eigenvalue weighted by Gasteiger charge is 2.16. The minimum Gasteiger partial charge on any atom is -0.315 e. The van der Waals surface area contributed by atoms with Crippen molar-refractivity contribution in [3.8, 4) is 0 Å². The van der Waals surface area contributed by atoms with Gasteiger partial charge in [-0.05, 0) is 19.2 Å². The number of rotatable bonds is 4. The quantitative estimate of drug-likeness (QED) is 0.817. The molecule has 1 aliphatic rings. The number of carbonyl (C=O) groups is 1. The van der Waals surface area contributed by atoms with Gasteiger partial charge < -0.3 is 14.7 Å². The standard InChI is InChI=1S/C15H23N3O/c1-16-10-12-18(13-11-16)9-8-15(19)17(2)14-6-4-3-5-7-14/h3-7H,8-13H2,1-2H3. The van der Waals surface area contributed by atoms with Crippen molar-refractivity contribution in [3.05, 3.63) is 30.3 Å². The van der Waals surface area contributed by atoms with Gasteiger partial charge in [-0.25, -0.2) is 0 Å². The van der Waals surface area contributed by atoms with Crippen LogP contribution < -0.4 is 4.90 Å². The second-order valence-electron chi connectivity index (χ2n) is 5.18. The van der Waals surface area contributed by atoms with Gasteiger partial charge in [0.05, 0.1) is 0 Å². The predicted octanol–water partition coefficient (Wildman–Crippen LogP) is 1.29. The molecule has 19 heavy (non-hydrogen) atoms. The molecule has 0 bridgehead atoms. The lowest BCUT2D eigenvalue weighted by atomic mass is 10.2. The molecule has 0 radical (unpaired) electrons. The molecular formula is C15H23N3O. The second kappa shape index (κ2) is 6.68. The van der Waals surface area contributed by atoms with Gasteiger partial charge in [-0.2, -0.15) is 0 Å². The number of piperazine rings is 1. The molecule has 1 aliphatic heterocycles. The minimum absolute atomic E-state index is 0.185. The molecule has 1 amide bonds. The van der Waals surface area contributed by atoms with Gasteiger partial charge in [-0.3, -0.25) is 4.79 Å². The zero-order valence-corrected chi connectivity index (χ0v) is 11.9. The van der Waals surface area contributed by atoms with E-state index in [1.54, 1.807) is 4.90 Å². The van der Waals surface area contributed by atoms with Crippen molar-refractivity contribution < 1.29 is 4.79 Å². The van der Waals surface area contributed by atoms with Crippen molar-refractivity contribution in [3.63, 3.8) is 0 Å². The number of hydrogen-bond donors (Lipinski definition) is 0. The smallest absolute Gasteiger partial charge is 0.228 e. The second-order valence-corrected chi connectivity index (χ2v) is 5.18. The number of amides is 1. The SMILES string of the molecule is CN1CCN(CCC(=O)N(C)c2ccccc2)CC1. The zero-order chi connectivity index (χ0) is 13.7. The largest absolute Gasteiger partial charge is 0.315 e. The average molecular weight is 261 g/mol. The predicted molar refractivity (Wildman–Crippen MR) is 78.4 cm³/mol. The molecule has 0 spiro atoms. The third-order valence-corrected chi connectivity index (χ3v) is 3.76. The van der Waals surface area contributed by atoms with E-state index in [-0.39, 0.29) is 5.91 Å². The summed E-state index contributed by atoms with van der Waals surface area (Å²) in [6.07, 6.45) is 0.592. The molecule has 1 heterocycles. The lowest BCUT2D eigenvalue weighted by Gasteiger charge is -2.32. The van der Waals surface area contributed by atoms with E-state index in [1.165, 1.54) is 0 Å². The number of carbonyl (C=O) groups excluding carboxylic acids is 1. The van der Waals surface area contributed by atoms with Crippen LogP contribution in [0.4, 0.5) is 5.69 Å². The van der Waals surface area contributed by atoms with E-state index in [0.29, 0.717) is 6.42 Å². The van der Waals surface area contributed by atoms with E-state index in [9.17, 15) is 4.79 Å². The maximum absolute atomic E-state index is 12.1. The van der Waals surface area contributed by atoms with Crippen molar-refractivity contribution in [1.82, 2.24) is 9.80 Å². The van der Waals surface area contributed by atoms with Crippen molar-refractivity contribution in [2.24, 2.45) is 0 Å². The first kappa shape index (κ1) is 14.0. The molecule has 1 saturated heterocycles. The van der Waals surface area contributed by atoms with E-state index in [1.807, 2.05) is 37.4 Å². The van der Waals surface area contributed by atoms with Gasteiger partial charge in [0, 0.05) is 51.9 Å². The number of benzene rings is 1. The summed E-state index contributed by atoms with van der Waals surface area (Å²) in [5, 5.41) is 0. The van der Waals surface area contributed by atoms with Gasteiger partial charge in [-0.15, -0.1) is 0 Å². The molecule has 0 aromatic heterocycles. The van der Waals surface area contributed by atoms with E-state index in [4.69, 9.17) is 0 Å². The van der Waals surface area contributed by atoms with Gasteiger partial charge >= 0.3 is 0 Å². The van der Waals surface area contributed by atoms with E-state index in [2.05, 4.69) is 16.8 Å². The molecule has 4 heteroatoms. The van der Waals surface area contributed by atoms with Crippen molar-refractivity contribution >= 4 is 11.6 Å². The summed E-state index contributed by atoms with van der Waals surface area (Å²) in [6, 6.07) is 9.81. The Morgan fingerprint density at radius 2 is 1.79 bits per heavy atom. The van der Waals surface area contributed by atoms with E-state index in [0.717, 1.165) is 38.4 Å². The average Bonchev–Trinajstić information content (AvgIpc) is 2.46. The summed E-state index contributed by atoms with van der Waals surface area (Å²) >= 11 is 0. The first-order valence-corrected chi connectivity index (χ1v) is 6.89. The number of hydrogen-bond acceptors (Lipinski definition) is 3. The van der Waals surface area contributed by atoms with E-state index >= 15 is 0 Å². The molecule has 0 unspecified atom stereocenters. The molecule has 1 fully saturated rings. The molecule has 0 saturated carbocycles. The van der Waals surface area contributed by atoms with Gasteiger partial charge in [0.15, 0.2) is 0 Å². The van der Waals surface area contributed by atoms with Gasteiger partial charge in [0.1, 0.15) is 0 Å². The third-order valence-electron chi connectivity index (χ3n) is 3.76. The number of nitrogens with zero attached hydrogens (tertiary/aromatic N) is 3. The van der Waals surface area contributed by atoms with Crippen LogP contribution in [0.1, 0.15) is 6.42 Å². The molecule has 1 aromatic carbocycles. The van der Waals surface area contributed by atoms with Crippen LogP contribution in [-0.2, 0) is 4.79 Å². The van der Waals surface area contributed by atoms with Crippen LogP contribution in [0.2, 0.25) is 0 Å². The van der Waals surface area contributed by atoms with Crippen LogP contribution >= 0.6 is 0 Å². The van der Waals surface area contributed by atoms with Crippen LogP contribution in [-0.4, -0.2) is 62.5 Å². The first-order valence-electron chi connectivity index (χ1n) is 6.89. The third kappa shape index (κ3) is 4.04. The summed E-state index contributed by atoms with van der Waals surface area (Å²) in [7, 11) is 3.99. The summed E-state index contributed by atoms with van der Waals surface area (Å²) < 4.78 is 0. The highest BCUT2D eigenvalue weighted by Crippen LogP contribution is 2.12. The Labute approximate surface area is 115 Å². The Morgan fingerprint density at radius 3 is 2.42 bits per heavy atom. The monoisotopic (exact) mass is 261 g/mol. The Morgan fingerprint density at radius 1 is 1.16 bits per heavy atom. The molecule has 4 nitrogen and oxygen atoms in total. The lowest BCUT2D eigenvalue weighted by Crippen LogP contribution is -2.45. The van der Waals surface area contributed by atoms with Gasteiger partial charge in [0.2, 0.25) is 5.91 Å². The number of likely N-dealkylation sites (N-methyl/N-ethyl adjacent to an activating group) is 1. The molecular weight excluding hydrogens is 238 g/mol. The summed E-state index contributed by atoms with van der Waals surface area (Å²) in [4.78, 5) is 18.6. The molecule has 2 rings (SSSR count). The van der Waals surface area contributed by atoms with Crippen molar-refractivity contribution in [2.45, 2.75) is 6.42 Å². The van der Waals surface area contributed by atoms with Crippen molar-refractivity contribution in [1.29, 1.82) is 0 Å². The summed E-state index contributed by atoms with van der Waals surface area (Å²) in [5.41, 5.74) is 0.964. The Balaban J connectivity index is 1.78. The Kier molecular flexibility index (Phi) is 4.93. The molecule has 104 valence electrons. The topological polar surface area (TPSA) is 26.8 Å². The van der Waals surface area contributed by atoms with Crippen LogP contribution in [0.25, 0.3) is 0 Å². The van der Waals surface area contributed by atoms with Crippen LogP contribution in [0, 0.1) is 0 Å². The highest BCUT2D eigenvalue weighted by molar-refractivity contribution is 5.92.